The smallest absolute Gasteiger partial charge is 0.354 e. The quantitative estimate of drug-likeness (QED) is 0.866. The summed E-state index contributed by atoms with van der Waals surface area (Å²) in [4.78, 5) is 0. The van der Waals surface area contributed by atoms with Crippen LogP contribution in [0.3, 0.4) is 0 Å². The average molecular weight is 296 g/mol. The fourth-order valence-corrected chi connectivity index (χ4v) is 2.16. The molecule has 0 fully saturated rings. The van der Waals surface area contributed by atoms with Crippen LogP contribution in [-0.4, -0.2) is 4.57 Å². The normalized spacial score (nSPS) is 13.4. The van der Waals surface area contributed by atoms with Crippen LogP contribution in [0.15, 0.2) is 42.7 Å². The topological polar surface area (TPSA) is 17.0 Å². The van der Waals surface area contributed by atoms with Gasteiger partial charge in [-0.3, -0.25) is 0 Å². The molecule has 114 valence electrons. The zero-order chi connectivity index (χ0) is 15.5. The van der Waals surface area contributed by atoms with Crippen LogP contribution in [0.4, 0.5) is 13.2 Å². The van der Waals surface area contributed by atoms with E-state index in [4.69, 9.17) is 0 Å². The van der Waals surface area contributed by atoms with E-state index in [0.29, 0.717) is 12.1 Å². The predicted octanol–water partition coefficient (Wildman–Crippen LogP) is 4.38. The number of hydrogen-bond donors (Lipinski definition) is 1. The molecule has 0 aliphatic rings. The molecule has 0 saturated heterocycles. The number of benzene rings is 1. The second-order valence-electron chi connectivity index (χ2n) is 5.08. The van der Waals surface area contributed by atoms with Crippen LogP contribution in [0, 0.1) is 0 Å². The van der Waals surface area contributed by atoms with Gasteiger partial charge in [-0.2, -0.15) is 13.2 Å². The van der Waals surface area contributed by atoms with Gasteiger partial charge >= 0.3 is 6.18 Å². The Morgan fingerprint density at radius 2 is 2.00 bits per heavy atom. The van der Waals surface area contributed by atoms with Crippen LogP contribution in [0.5, 0.6) is 0 Å². The maximum Gasteiger partial charge on any atom is 0.416 e. The van der Waals surface area contributed by atoms with Crippen LogP contribution in [0.2, 0.25) is 0 Å². The molecular formula is C16H19F3N2. The van der Waals surface area contributed by atoms with Crippen molar-refractivity contribution in [2.75, 3.05) is 0 Å². The SMILES string of the molecule is CCn1ccc(CNC(C)c2cccc(C(F)(F)F)c2)c1. The molecule has 0 amide bonds. The van der Waals surface area contributed by atoms with Gasteiger partial charge in [0.2, 0.25) is 0 Å². The van der Waals surface area contributed by atoms with Gasteiger partial charge in [-0.05, 0) is 43.2 Å². The molecule has 1 N–H and O–H groups in total. The Balaban J connectivity index is 2.01. The number of nitrogens with one attached hydrogen (secondary N) is 1. The molecule has 21 heavy (non-hydrogen) atoms. The van der Waals surface area contributed by atoms with E-state index >= 15 is 0 Å². The summed E-state index contributed by atoms with van der Waals surface area (Å²) in [6.07, 6.45) is -0.272. The molecule has 0 bridgehead atoms. The van der Waals surface area contributed by atoms with E-state index in [1.165, 1.54) is 12.1 Å². The lowest BCUT2D eigenvalue weighted by atomic mass is 10.0. The van der Waals surface area contributed by atoms with E-state index in [-0.39, 0.29) is 6.04 Å². The minimum absolute atomic E-state index is 0.141. The first-order valence-electron chi connectivity index (χ1n) is 6.95. The fraction of sp³-hybridized carbons (Fsp3) is 0.375. The highest BCUT2D eigenvalue weighted by molar-refractivity contribution is 5.27. The van der Waals surface area contributed by atoms with Crippen molar-refractivity contribution in [3.63, 3.8) is 0 Å². The highest BCUT2D eigenvalue weighted by Gasteiger charge is 2.30. The molecule has 0 radical (unpaired) electrons. The van der Waals surface area contributed by atoms with E-state index in [1.807, 2.05) is 25.4 Å². The maximum atomic E-state index is 12.7. The summed E-state index contributed by atoms with van der Waals surface area (Å²) < 4.78 is 40.2. The van der Waals surface area contributed by atoms with Crippen LogP contribution in [-0.2, 0) is 19.3 Å². The summed E-state index contributed by atoms with van der Waals surface area (Å²) in [5.41, 5.74) is 1.15. The third kappa shape index (κ3) is 4.11. The van der Waals surface area contributed by atoms with Crippen LogP contribution in [0.25, 0.3) is 0 Å². The zero-order valence-corrected chi connectivity index (χ0v) is 12.1. The Bertz CT molecular complexity index is 587. The molecule has 1 aromatic carbocycles. The molecule has 1 heterocycles. The summed E-state index contributed by atoms with van der Waals surface area (Å²) in [6.45, 7) is 5.46. The molecule has 1 aromatic heterocycles. The highest BCUT2D eigenvalue weighted by atomic mass is 19.4. The van der Waals surface area contributed by atoms with Gasteiger partial charge in [0.15, 0.2) is 0 Å². The van der Waals surface area contributed by atoms with Crippen molar-refractivity contribution in [1.82, 2.24) is 9.88 Å². The Morgan fingerprint density at radius 3 is 2.62 bits per heavy atom. The summed E-state index contributed by atoms with van der Waals surface area (Å²) in [7, 11) is 0. The summed E-state index contributed by atoms with van der Waals surface area (Å²) >= 11 is 0. The minimum Gasteiger partial charge on any atom is -0.354 e. The largest absolute Gasteiger partial charge is 0.416 e. The van der Waals surface area contributed by atoms with Crippen molar-refractivity contribution in [3.05, 3.63) is 59.4 Å². The average Bonchev–Trinajstić information content (AvgIpc) is 2.92. The Kier molecular flexibility index (Phi) is 4.73. The number of aryl methyl sites for hydroxylation is 1. The van der Waals surface area contributed by atoms with Crippen molar-refractivity contribution in [2.24, 2.45) is 0 Å². The molecule has 2 aromatic rings. The Hall–Kier alpha value is -1.75. The Morgan fingerprint density at radius 1 is 1.24 bits per heavy atom. The number of rotatable bonds is 5. The number of hydrogen-bond acceptors (Lipinski definition) is 1. The second kappa shape index (κ2) is 6.35. The van der Waals surface area contributed by atoms with Crippen molar-refractivity contribution < 1.29 is 13.2 Å². The van der Waals surface area contributed by atoms with Gasteiger partial charge in [0, 0.05) is 31.5 Å². The lowest BCUT2D eigenvalue weighted by Gasteiger charge is -2.16. The van der Waals surface area contributed by atoms with Gasteiger partial charge in [-0.25, -0.2) is 0 Å². The molecule has 1 atom stereocenters. The molecule has 2 nitrogen and oxygen atoms in total. The molecule has 0 aliphatic carbocycles. The standard InChI is InChI=1S/C16H19F3N2/c1-3-21-8-7-13(11-21)10-20-12(2)14-5-4-6-15(9-14)16(17,18)19/h4-9,11-12,20H,3,10H2,1-2H3. The van der Waals surface area contributed by atoms with Gasteiger partial charge < -0.3 is 9.88 Å². The Labute approximate surface area is 122 Å². The fourth-order valence-electron chi connectivity index (χ4n) is 2.16. The van der Waals surface area contributed by atoms with Crippen molar-refractivity contribution in [1.29, 1.82) is 0 Å². The van der Waals surface area contributed by atoms with Gasteiger partial charge in [0.05, 0.1) is 5.56 Å². The van der Waals surface area contributed by atoms with Gasteiger partial charge in [-0.1, -0.05) is 12.1 Å². The number of aromatic nitrogens is 1. The van der Waals surface area contributed by atoms with Gasteiger partial charge in [0.25, 0.3) is 0 Å². The van der Waals surface area contributed by atoms with E-state index in [9.17, 15) is 13.2 Å². The zero-order valence-electron chi connectivity index (χ0n) is 12.1. The first-order valence-corrected chi connectivity index (χ1v) is 6.95. The molecule has 0 spiro atoms. The van der Waals surface area contributed by atoms with Crippen molar-refractivity contribution >= 4 is 0 Å². The summed E-state index contributed by atoms with van der Waals surface area (Å²) in [5, 5.41) is 3.25. The minimum atomic E-state index is -4.30. The maximum absolute atomic E-state index is 12.7. The molecule has 0 saturated carbocycles. The summed E-state index contributed by atoms with van der Waals surface area (Å²) in [6, 6.07) is 7.33. The number of nitrogens with zero attached hydrogens (tertiary/aromatic N) is 1. The molecule has 5 heteroatoms. The van der Waals surface area contributed by atoms with Gasteiger partial charge in [0.1, 0.15) is 0 Å². The third-order valence-electron chi connectivity index (χ3n) is 3.50. The second-order valence-corrected chi connectivity index (χ2v) is 5.08. The lowest BCUT2D eigenvalue weighted by molar-refractivity contribution is -0.137. The molecule has 0 aliphatic heterocycles. The van der Waals surface area contributed by atoms with Crippen LogP contribution in [0.1, 0.15) is 36.6 Å². The predicted molar refractivity (Wildman–Crippen MR) is 76.8 cm³/mol. The van der Waals surface area contributed by atoms with Gasteiger partial charge in [-0.15, -0.1) is 0 Å². The van der Waals surface area contributed by atoms with E-state index in [1.54, 1.807) is 6.07 Å². The highest BCUT2D eigenvalue weighted by Crippen LogP contribution is 2.30. The van der Waals surface area contributed by atoms with E-state index < -0.39 is 11.7 Å². The molecule has 2 rings (SSSR count). The van der Waals surface area contributed by atoms with Crippen LogP contribution >= 0.6 is 0 Å². The van der Waals surface area contributed by atoms with Crippen molar-refractivity contribution in [2.45, 2.75) is 39.2 Å². The third-order valence-corrected chi connectivity index (χ3v) is 3.50. The van der Waals surface area contributed by atoms with E-state index in [2.05, 4.69) is 16.8 Å². The van der Waals surface area contributed by atoms with E-state index in [0.717, 1.165) is 18.2 Å². The molecule has 1 unspecified atom stereocenters. The van der Waals surface area contributed by atoms with Crippen molar-refractivity contribution in [3.8, 4) is 0 Å². The first kappa shape index (κ1) is 15.6. The number of alkyl halides is 3. The monoisotopic (exact) mass is 296 g/mol. The van der Waals surface area contributed by atoms with Crippen LogP contribution < -0.4 is 5.32 Å². The first-order chi connectivity index (χ1) is 9.90. The molecular weight excluding hydrogens is 277 g/mol. The lowest BCUT2D eigenvalue weighted by Crippen LogP contribution is -2.18. The number of halogens is 3. The summed E-state index contributed by atoms with van der Waals surface area (Å²) in [5.74, 6) is 0.